The van der Waals surface area contributed by atoms with Gasteiger partial charge in [-0.3, -0.25) is 0 Å². The molecule has 0 fully saturated rings. The third-order valence-electron chi connectivity index (χ3n) is 2.35. The van der Waals surface area contributed by atoms with Crippen molar-refractivity contribution in [2.24, 2.45) is 0 Å². The fourth-order valence-electron chi connectivity index (χ4n) is 1.62. The Morgan fingerprint density at radius 1 is 1.41 bits per heavy atom. The Balaban J connectivity index is 2.63. The number of halogens is 1. The monoisotopic (exact) mass is 359 g/mol. The number of aromatic nitrogens is 1. The number of carbonyl (C=O) groups is 1. The maximum atomic E-state index is 11.2. The van der Waals surface area contributed by atoms with Crippen molar-refractivity contribution in [2.75, 3.05) is 6.26 Å². The molecule has 0 spiro atoms. The Morgan fingerprint density at radius 2 is 2.12 bits per heavy atom. The van der Waals surface area contributed by atoms with Gasteiger partial charge in [0.25, 0.3) is 0 Å². The lowest BCUT2D eigenvalue weighted by Gasteiger charge is -2.10. The molecule has 1 aromatic heterocycles. The van der Waals surface area contributed by atoms with Gasteiger partial charge in [-0.15, -0.1) is 11.8 Å². The van der Waals surface area contributed by atoms with Gasteiger partial charge in [0.05, 0.1) is 5.69 Å². The molecule has 0 aliphatic carbocycles. The largest absolute Gasteiger partial charge is 0.477 e. The van der Waals surface area contributed by atoms with Gasteiger partial charge >= 0.3 is 5.97 Å². The Bertz CT molecular complexity index is 565. The molecule has 17 heavy (non-hydrogen) atoms. The van der Waals surface area contributed by atoms with E-state index in [0.29, 0.717) is 0 Å². The fraction of sp³-hybridized carbons (Fsp3) is 0.0833. The molecule has 0 aliphatic heterocycles. The molecule has 0 saturated carbocycles. The molecule has 88 valence electrons. The maximum absolute atomic E-state index is 11.2. The van der Waals surface area contributed by atoms with Gasteiger partial charge in [0.2, 0.25) is 0 Å². The Labute approximate surface area is 117 Å². The maximum Gasteiger partial charge on any atom is 0.352 e. The highest BCUT2D eigenvalue weighted by molar-refractivity contribution is 14.1. The predicted molar refractivity (Wildman–Crippen MR) is 77.2 cm³/mol. The second-order valence-electron chi connectivity index (χ2n) is 3.39. The lowest BCUT2D eigenvalue weighted by molar-refractivity contribution is 0.0688. The fourth-order valence-corrected chi connectivity index (χ4v) is 2.79. The molecule has 1 N–H and O–H groups in total. The Kier molecular flexibility index (Phi) is 3.78. The summed E-state index contributed by atoms with van der Waals surface area (Å²) in [4.78, 5) is 12.2. The van der Waals surface area contributed by atoms with Crippen molar-refractivity contribution in [2.45, 2.75) is 4.90 Å². The summed E-state index contributed by atoms with van der Waals surface area (Å²) in [6, 6.07) is 9.44. The summed E-state index contributed by atoms with van der Waals surface area (Å²) in [5, 5.41) is 9.17. The van der Waals surface area contributed by atoms with Gasteiger partial charge in [0.15, 0.2) is 0 Å². The summed E-state index contributed by atoms with van der Waals surface area (Å²) in [6.45, 7) is 0. The Hall–Kier alpha value is -0.950. The number of para-hydroxylation sites is 1. The highest BCUT2D eigenvalue weighted by atomic mass is 127. The summed E-state index contributed by atoms with van der Waals surface area (Å²) >= 11 is 3.72. The van der Waals surface area contributed by atoms with Crippen LogP contribution in [0, 0.1) is 3.57 Å². The third-order valence-corrected chi connectivity index (χ3v) is 3.73. The molecule has 1 heterocycles. The van der Waals surface area contributed by atoms with E-state index >= 15 is 0 Å². The highest BCUT2D eigenvalue weighted by Gasteiger charge is 2.14. The van der Waals surface area contributed by atoms with Gasteiger partial charge in [-0.25, -0.2) is 4.79 Å². The van der Waals surface area contributed by atoms with Gasteiger partial charge in [-0.1, -0.05) is 12.1 Å². The van der Waals surface area contributed by atoms with Gasteiger partial charge in [-0.2, -0.15) is 0 Å². The second-order valence-corrected chi connectivity index (χ2v) is 5.48. The van der Waals surface area contributed by atoms with Crippen molar-refractivity contribution in [3.05, 3.63) is 45.8 Å². The van der Waals surface area contributed by atoms with E-state index in [9.17, 15) is 9.90 Å². The van der Waals surface area contributed by atoms with Crippen molar-refractivity contribution in [3.8, 4) is 5.69 Å². The summed E-state index contributed by atoms with van der Waals surface area (Å²) in [6.07, 6.45) is 3.81. The van der Waals surface area contributed by atoms with Crippen LogP contribution in [0.25, 0.3) is 5.69 Å². The zero-order valence-electron chi connectivity index (χ0n) is 9.05. The predicted octanol–water partition coefficient (Wildman–Crippen LogP) is 3.50. The molecule has 0 aliphatic rings. The lowest BCUT2D eigenvalue weighted by atomic mass is 10.3. The average molecular weight is 359 g/mol. The van der Waals surface area contributed by atoms with Crippen LogP contribution in [-0.4, -0.2) is 21.9 Å². The first-order valence-corrected chi connectivity index (χ1v) is 7.18. The van der Waals surface area contributed by atoms with Crippen molar-refractivity contribution in [1.82, 2.24) is 4.57 Å². The summed E-state index contributed by atoms with van der Waals surface area (Å²) in [7, 11) is 0. The SMILES string of the molecule is CSc1ccccc1-n1cc(I)cc1C(=O)O. The molecule has 0 saturated heterocycles. The first-order valence-electron chi connectivity index (χ1n) is 4.88. The van der Waals surface area contributed by atoms with E-state index in [-0.39, 0.29) is 5.69 Å². The first kappa shape index (κ1) is 12.5. The second kappa shape index (κ2) is 5.14. The number of hydrogen-bond acceptors (Lipinski definition) is 2. The van der Waals surface area contributed by atoms with Crippen LogP contribution in [0.15, 0.2) is 41.4 Å². The molecule has 0 amide bonds. The van der Waals surface area contributed by atoms with E-state index in [0.717, 1.165) is 14.2 Å². The quantitative estimate of drug-likeness (QED) is 0.674. The molecular weight excluding hydrogens is 349 g/mol. The Morgan fingerprint density at radius 3 is 2.76 bits per heavy atom. The molecule has 0 atom stereocenters. The van der Waals surface area contributed by atoms with E-state index in [2.05, 4.69) is 22.6 Å². The van der Waals surface area contributed by atoms with E-state index in [4.69, 9.17) is 0 Å². The minimum absolute atomic E-state index is 0.288. The molecule has 5 heteroatoms. The van der Waals surface area contributed by atoms with Gasteiger partial charge in [-0.05, 0) is 47.0 Å². The number of rotatable bonds is 3. The van der Waals surface area contributed by atoms with E-state index in [1.165, 1.54) is 0 Å². The topological polar surface area (TPSA) is 42.2 Å². The van der Waals surface area contributed by atoms with E-state index in [1.54, 1.807) is 22.4 Å². The average Bonchev–Trinajstić information content (AvgIpc) is 2.71. The van der Waals surface area contributed by atoms with Crippen LogP contribution < -0.4 is 0 Å². The number of aromatic carboxylic acids is 1. The van der Waals surface area contributed by atoms with Crippen molar-refractivity contribution in [3.63, 3.8) is 0 Å². The van der Waals surface area contributed by atoms with Crippen LogP contribution in [0.4, 0.5) is 0 Å². The third kappa shape index (κ3) is 2.50. The number of benzene rings is 1. The summed E-state index contributed by atoms with van der Waals surface area (Å²) in [5.74, 6) is -0.913. The van der Waals surface area contributed by atoms with Gasteiger partial charge in [0, 0.05) is 14.7 Å². The number of carboxylic acids is 1. The number of carboxylic acid groups (broad SMARTS) is 1. The number of hydrogen-bond donors (Lipinski definition) is 1. The standard InChI is InChI=1S/C12H10INO2S/c1-17-11-5-3-2-4-9(11)14-7-8(13)6-10(14)12(15)16/h2-7H,1H3,(H,15,16). The summed E-state index contributed by atoms with van der Waals surface area (Å²) < 4.78 is 2.63. The van der Waals surface area contributed by atoms with Crippen molar-refractivity contribution >= 4 is 40.3 Å². The minimum Gasteiger partial charge on any atom is -0.477 e. The van der Waals surface area contributed by atoms with Crippen molar-refractivity contribution < 1.29 is 9.90 Å². The first-order chi connectivity index (χ1) is 8.13. The minimum atomic E-state index is -0.913. The molecule has 0 bridgehead atoms. The van der Waals surface area contributed by atoms with Crippen LogP contribution in [0.2, 0.25) is 0 Å². The number of nitrogens with zero attached hydrogens (tertiary/aromatic N) is 1. The smallest absolute Gasteiger partial charge is 0.352 e. The van der Waals surface area contributed by atoms with Crippen LogP contribution in [0.3, 0.4) is 0 Å². The molecule has 0 radical (unpaired) electrons. The van der Waals surface area contributed by atoms with Gasteiger partial charge in [0.1, 0.15) is 5.69 Å². The molecule has 0 unspecified atom stereocenters. The number of thioether (sulfide) groups is 1. The lowest BCUT2D eigenvalue weighted by Crippen LogP contribution is -2.06. The normalized spacial score (nSPS) is 10.5. The summed E-state index contributed by atoms with van der Waals surface area (Å²) in [5.41, 5.74) is 1.19. The molecular formula is C12H10INO2S. The van der Waals surface area contributed by atoms with E-state index in [1.807, 2.05) is 36.7 Å². The molecule has 1 aromatic carbocycles. The zero-order valence-corrected chi connectivity index (χ0v) is 12.0. The zero-order chi connectivity index (χ0) is 12.4. The molecule has 2 rings (SSSR count). The van der Waals surface area contributed by atoms with Crippen molar-refractivity contribution in [1.29, 1.82) is 0 Å². The van der Waals surface area contributed by atoms with Crippen LogP contribution in [0.1, 0.15) is 10.5 Å². The van der Waals surface area contributed by atoms with Crippen LogP contribution in [-0.2, 0) is 0 Å². The molecule has 3 nitrogen and oxygen atoms in total. The van der Waals surface area contributed by atoms with E-state index < -0.39 is 5.97 Å². The highest BCUT2D eigenvalue weighted by Crippen LogP contribution is 2.26. The van der Waals surface area contributed by atoms with Crippen LogP contribution in [0.5, 0.6) is 0 Å². The van der Waals surface area contributed by atoms with Gasteiger partial charge < -0.3 is 9.67 Å². The van der Waals surface area contributed by atoms with Crippen LogP contribution >= 0.6 is 34.4 Å². The molecule has 2 aromatic rings.